The molecule has 0 saturated heterocycles. The van der Waals surface area contributed by atoms with Gasteiger partial charge in [-0.3, -0.25) is 4.79 Å². The third-order valence-electron chi connectivity index (χ3n) is 1.10. The normalized spacial score (nSPS) is 9.25. The predicted octanol–water partition coefficient (Wildman–Crippen LogP) is 3.23. The number of carbonyl (C=O) groups is 1. The fraction of sp³-hybridized carbons (Fsp3) is 0.700. The zero-order valence-electron chi connectivity index (χ0n) is 8.34. The van der Waals surface area contributed by atoms with Crippen molar-refractivity contribution in [1.29, 1.82) is 0 Å². The van der Waals surface area contributed by atoms with Crippen molar-refractivity contribution in [2.24, 2.45) is 0 Å². The van der Waals surface area contributed by atoms with Gasteiger partial charge in [-0.05, 0) is 19.3 Å². The molecule has 0 aromatic rings. The van der Waals surface area contributed by atoms with E-state index in [1.54, 1.807) is 0 Å². The first-order chi connectivity index (χ1) is 5.68. The summed E-state index contributed by atoms with van der Waals surface area (Å²) in [4.78, 5) is 9.60. The second-order valence-corrected chi connectivity index (χ2v) is 2.43. The molecule has 0 aromatic carbocycles. The molecule has 2 heteroatoms. The van der Waals surface area contributed by atoms with E-state index in [4.69, 9.17) is 5.11 Å². The zero-order chi connectivity index (χ0) is 9.82. The van der Waals surface area contributed by atoms with E-state index in [2.05, 4.69) is 26.0 Å². The molecule has 0 aliphatic rings. The van der Waals surface area contributed by atoms with Crippen LogP contribution in [0, 0.1) is 0 Å². The standard InChI is InChI=1S/C6H12.C4H8O2/c1-3-5-6-4-2;1-2-3-4(5)6/h5-6H,3-4H2,1-2H3;2-3H2,1H3,(H,5,6)/b6-5-;. The average molecular weight is 172 g/mol. The number of hydrogen-bond donors (Lipinski definition) is 1. The highest BCUT2D eigenvalue weighted by molar-refractivity contribution is 5.66. The molecule has 2 nitrogen and oxygen atoms in total. The minimum atomic E-state index is -0.711. The van der Waals surface area contributed by atoms with Gasteiger partial charge in [0.05, 0.1) is 0 Å². The highest BCUT2D eigenvalue weighted by Crippen LogP contribution is 1.82. The number of aliphatic carboxylic acids is 1. The lowest BCUT2D eigenvalue weighted by Gasteiger charge is -1.79. The maximum atomic E-state index is 9.60. The van der Waals surface area contributed by atoms with Gasteiger partial charge in [0.25, 0.3) is 0 Å². The Labute approximate surface area is 75.3 Å². The Balaban J connectivity index is 0. The Morgan fingerprint density at radius 1 is 1.17 bits per heavy atom. The maximum absolute atomic E-state index is 9.60. The molecule has 0 rings (SSSR count). The molecule has 0 unspecified atom stereocenters. The molecule has 0 atom stereocenters. The molecule has 72 valence electrons. The summed E-state index contributed by atoms with van der Waals surface area (Å²) in [6, 6.07) is 0. The molecular weight excluding hydrogens is 152 g/mol. The van der Waals surface area contributed by atoms with Gasteiger partial charge in [0, 0.05) is 6.42 Å². The van der Waals surface area contributed by atoms with Gasteiger partial charge >= 0.3 is 5.97 Å². The van der Waals surface area contributed by atoms with Gasteiger partial charge in [0.15, 0.2) is 0 Å². The first-order valence-corrected chi connectivity index (χ1v) is 4.55. The van der Waals surface area contributed by atoms with E-state index in [0.29, 0.717) is 6.42 Å². The Hall–Kier alpha value is -0.790. The molecule has 0 amide bonds. The van der Waals surface area contributed by atoms with Crippen LogP contribution in [-0.2, 0) is 4.79 Å². The van der Waals surface area contributed by atoms with Crippen molar-refractivity contribution in [1.82, 2.24) is 0 Å². The number of carboxylic acids is 1. The third kappa shape index (κ3) is 22.9. The average Bonchev–Trinajstić information content (AvgIpc) is 2.02. The van der Waals surface area contributed by atoms with Gasteiger partial charge < -0.3 is 5.11 Å². The first kappa shape index (κ1) is 13.8. The summed E-state index contributed by atoms with van der Waals surface area (Å²) in [5.74, 6) is -0.711. The van der Waals surface area contributed by atoms with Crippen LogP contribution in [0.15, 0.2) is 12.2 Å². The SMILES string of the molecule is CC/C=C\CC.CCCC(=O)O. The molecule has 0 radical (unpaired) electrons. The lowest BCUT2D eigenvalue weighted by atomic mass is 10.4. The molecule has 12 heavy (non-hydrogen) atoms. The van der Waals surface area contributed by atoms with Crippen LogP contribution in [0.2, 0.25) is 0 Å². The maximum Gasteiger partial charge on any atom is 0.303 e. The van der Waals surface area contributed by atoms with Crippen LogP contribution >= 0.6 is 0 Å². The summed E-state index contributed by atoms with van der Waals surface area (Å²) in [6.45, 7) is 6.13. The zero-order valence-corrected chi connectivity index (χ0v) is 8.34. The monoisotopic (exact) mass is 172 g/mol. The number of hydrogen-bond acceptors (Lipinski definition) is 1. The number of allylic oxidation sites excluding steroid dienone is 2. The summed E-state index contributed by atoms with van der Waals surface area (Å²) in [6.07, 6.45) is 7.73. The van der Waals surface area contributed by atoms with E-state index in [-0.39, 0.29) is 0 Å². The van der Waals surface area contributed by atoms with Crippen molar-refractivity contribution in [2.45, 2.75) is 46.5 Å². The fourth-order valence-corrected chi connectivity index (χ4v) is 0.547. The quantitative estimate of drug-likeness (QED) is 0.661. The molecule has 0 fully saturated rings. The fourth-order valence-electron chi connectivity index (χ4n) is 0.547. The van der Waals surface area contributed by atoms with Gasteiger partial charge in [-0.15, -0.1) is 0 Å². The van der Waals surface area contributed by atoms with Gasteiger partial charge in [-0.25, -0.2) is 0 Å². The second kappa shape index (κ2) is 12.8. The van der Waals surface area contributed by atoms with Crippen LogP contribution in [0.25, 0.3) is 0 Å². The molecule has 0 bridgehead atoms. The highest BCUT2D eigenvalue weighted by atomic mass is 16.4. The summed E-state index contributed by atoms with van der Waals surface area (Å²) in [5.41, 5.74) is 0. The first-order valence-electron chi connectivity index (χ1n) is 4.55. The molecule has 0 saturated carbocycles. The summed E-state index contributed by atoms with van der Waals surface area (Å²) in [7, 11) is 0. The molecule has 0 spiro atoms. The Morgan fingerprint density at radius 2 is 1.58 bits per heavy atom. The molecule has 0 aromatic heterocycles. The molecular formula is C10H20O2. The van der Waals surface area contributed by atoms with Crippen molar-refractivity contribution in [3.05, 3.63) is 12.2 Å². The Morgan fingerprint density at radius 3 is 1.67 bits per heavy atom. The second-order valence-electron chi connectivity index (χ2n) is 2.43. The summed E-state index contributed by atoms with van der Waals surface area (Å²) < 4.78 is 0. The topological polar surface area (TPSA) is 37.3 Å². The molecule has 0 heterocycles. The smallest absolute Gasteiger partial charge is 0.303 e. The van der Waals surface area contributed by atoms with Crippen molar-refractivity contribution in [3.63, 3.8) is 0 Å². The predicted molar refractivity (Wildman–Crippen MR) is 52.3 cm³/mol. The lowest BCUT2D eigenvalue weighted by Crippen LogP contribution is -1.90. The van der Waals surface area contributed by atoms with Gasteiger partial charge in [-0.1, -0.05) is 32.9 Å². The summed E-state index contributed by atoms with van der Waals surface area (Å²) in [5, 5.41) is 7.91. The van der Waals surface area contributed by atoms with Crippen molar-refractivity contribution in [3.8, 4) is 0 Å². The van der Waals surface area contributed by atoms with E-state index in [9.17, 15) is 4.79 Å². The van der Waals surface area contributed by atoms with Crippen LogP contribution in [0.1, 0.15) is 46.5 Å². The van der Waals surface area contributed by atoms with Crippen LogP contribution < -0.4 is 0 Å². The minimum Gasteiger partial charge on any atom is -0.481 e. The lowest BCUT2D eigenvalue weighted by molar-refractivity contribution is -0.137. The number of carboxylic acid groups (broad SMARTS) is 1. The van der Waals surface area contributed by atoms with Gasteiger partial charge in [-0.2, -0.15) is 0 Å². The van der Waals surface area contributed by atoms with E-state index >= 15 is 0 Å². The highest BCUT2D eigenvalue weighted by Gasteiger charge is 1.87. The van der Waals surface area contributed by atoms with Crippen LogP contribution in [0.4, 0.5) is 0 Å². The Kier molecular flexibility index (Phi) is 14.8. The van der Waals surface area contributed by atoms with Crippen LogP contribution in [0.3, 0.4) is 0 Å². The van der Waals surface area contributed by atoms with E-state index in [0.717, 1.165) is 6.42 Å². The number of rotatable bonds is 4. The minimum absolute atomic E-state index is 0.292. The van der Waals surface area contributed by atoms with Crippen molar-refractivity contribution in [2.75, 3.05) is 0 Å². The molecule has 0 aliphatic heterocycles. The van der Waals surface area contributed by atoms with Gasteiger partial charge in [0.1, 0.15) is 0 Å². The van der Waals surface area contributed by atoms with E-state index in [1.807, 2.05) is 6.92 Å². The Bertz CT molecular complexity index is 111. The summed E-state index contributed by atoms with van der Waals surface area (Å²) >= 11 is 0. The molecule has 1 N–H and O–H groups in total. The third-order valence-corrected chi connectivity index (χ3v) is 1.10. The van der Waals surface area contributed by atoms with E-state index in [1.165, 1.54) is 12.8 Å². The van der Waals surface area contributed by atoms with Gasteiger partial charge in [0.2, 0.25) is 0 Å². The van der Waals surface area contributed by atoms with E-state index < -0.39 is 5.97 Å². The van der Waals surface area contributed by atoms with Crippen molar-refractivity contribution < 1.29 is 9.90 Å². The van der Waals surface area contributed by atoms with Crippen LogP contribution in [-0.4, -0.2) is 11.1 Å². The largest absolute Gasteiger partial charge is 0.481 e. The van der Waals surface area contributed by atoms with Crippen molar-refractivity contribution >= 4 is 5.97 Å². The van der Waals surface area contributed by atoms with Crippen LogP contribution in [0.5, 0.6) is 0 Å². The molecule has 0 aliphatic carbocycles.